The zero-order valence-electron chi connectivity index (χ0n) is 10.7. The van der Waals surface area contributed by atoms with Gasteiger partial charge in [-0.05, 0) is 57.2 Å². The molecule has 17 heavy (non-hydrogen) atoms. The zero-order chi connectivity index (χ0) is 11.9. The highest BCUT2D eigenvalue weighted by molar-refractivity contribution is 5.13. The number of aromatic nitrogens is 1. The van der Waals surface area contributed by atoms with Crippen molar-refractivity contribution >= 4 is 0 Å². The number of allylic oxidation sites excluding steroid dienone is 1. The monoisotopic (exact) mass is 230 g/mol. The van der Waals surface area contributed by atoms with Gasteiger partial charge in [-0.3, -0.25) is 4.98 Å². The van der Waals surface area contributed by atoms with Crippen molar-refractivity contribution in [2.75, 3.05) is 7.05 Å². The first kappa shape index (κ1) is 12.3. The molecule has 0 radical (unpaired) electrons. The van der Waals surface area contributed by atoms with E-state index in [0.717, 1.165) is 6.42 Å². The van der Waals surface area contributed by atoms with Gasteiger partial charge in [-0.2, -0.15) is 0 Å². The number of likely N-dealkylation sites (N-methyl/N-ethyl adjacent to an activating group) is 1. The van der Waals surface area contributed by atoms with Crippen LogP contribution in [-0.2, 0) is 6.42 Å². The number of pyridine rings is 1. The first-order chi connectivity index (χ1) is 8.38. The molecule has 0 saturated carbocycles. The van der Waals surface area contributed by atoms with E-state index >= 15 is 0 Å². The minimum atomic E-state index is 0.545. The van der Waals surface area contributed by atoms with Crippen molar-refractivity contribution in [2.24, 2.45) is 0 Å². The normalized spacial score (nSPS) is 17.6. The molecule has 1 aromatic heterocycles. The Hall–Kier alpha value is -1.15. The molecule has 0 amide bonds. The Morgan fingerprint density at radius 1 is 1.35 bits per heavy atom. The Morgan fingerprint density at radius 2 is 2.29 bits per heavy atom. The molecule has 2 rings (SSSR count). The molecule has 0 fully saturated rings. The summed E-state index contributed by atoms with van der Waals surface area (Å²) in [5.74, 6) is 0. The van der Waals surface area contributed by atoms with E-state index < -0.39 is 0 Å². The molecular weight excluding hydrogens is 208 g/mol. The lowest BCUT2D eigenvalue weighted by atomic mass is 9.92. The maximum atomic E-state index is 4.18. The van der Waals surface area contributed by atoms with Crippen LogP contribution in [0.15, 0.2) is 36.2 Å². The highest BCUT2D eigenvalue weighted by Gasteiger charge is 2.11. The van der Waals surface area contributed by atoms with Crippen LogP contribution in [0.3, 0.4) is 0 Å². The van der Waals surface area contributed by atoms with Gasteiger partial charge in [0.05, 0.1) is 0 Å². The predicted octanol–water partition coefficient (Wildman–Crippen LogP) is 3.10. The minimum absolute atomic E-state index is 0.545. The Balaban J connectivity index is 1.90. The van der Waals surface area contributed by atoms with E-state index in [-0.39, 0.29) is 0 Å². The Morgan fingerprint density at radius 3 is 2.94 bits per heavy atom. The van der Waals surface area contributed by atoms with Crippen molar-refractivity contribution in [3.8, 4) is 0 Å². The lowest BCUT2D eigenvalue weighted by Crippen LogP contribution is -2.28. The largest absolute Gasteiger partial charge is 0.316 e. The molecule has 0 aromatic carbocycles. The van der Waals surface area contributed by atoms with Crippen LogP contribution in [-0.4, -0.2) is 18.1 Å². The fraction of sp³-hybridized carbons (Fsp3) is 0.533. The van der Waals surface area contributed by atoms with E-state index in [1.165, 1.54) is 37.7 Å². The van der Waals surface area contributed by atoms with Gasteiger partial charge in [-0.25, -0.2) is 0 Å². The van der Waals surface area contributed by atoms with Crippen molar-refractivity contribution in [1.82, 2.24) is 10.3 Å². The number of nitrogens with one attached hydrogen (secondary N) is 1. The summed E-state index contributed by atoms with van der Waals surface area (Å²) >= 11 is 0. The minimum Gasteiger partial charge on any atom is -0.316 e. The molecule has 1 unspecified atom stereocenters. The third kappa shape index (κ3) is 3.97. The van der Waals surface area contributed by atoms with Crippen LogP contribution in [0.4, 0.5) is 0 Å². The SMILES string of the molecule is CNC(CC1=CCCCC1)Cc1cccnc1. The summed E-state index contributed by atoms with van der Waals surface area (Å²) in [5.41, 5.74) is 2.96. The third-order valence-corrected chi connectivity index (χ3v) is 3.51. The highest BCUT2D eigenvalue weighted by atomic mass is 14.9. The number of hydrogen-bond acceptors (Lipinski definition) is 2. The molecule has 2 nitrogen and oxygen atoms in total. The highest BCUT2D eigenvalue weighted by Crippen LogP contribution is 2.22. The number of rotatable bonds is 5. The molecule has 0 bridgehead atoms. The van der Waals surface area contributed by atoms with Crippen LogP contribution in [0.2, 0.25) is 0 Å². The molecule has 1 N–H and O–H groups in total. The van der Waals surface area contributed by atoms with Crippen LogP contribution >= 0.6 is 0 Å². The van der Waals surface area contributed by atoms with Crippen molar-refractivity contribution in [3.63, 3.8) is 0 Å². The second-order valence-corrected chi connectivity index (χ2v) is 4.86. The average Bonchev–Trinajstić information content (AvgIpc) is 2.40. The molecule has 1 heterocycles. The maximum absolute atomic E-state index is 4.18. The lowest BCUT2D eigenvalue weighted by molar-refractivity contribution is 0.532. The van der Waals surface area contributed by atoms with E-state index in [4.69, 9.17) is 0 Å². The quantitative estimate of drug-likeness (QED) is 0.786. The third-order valence-electron chi connectivity index (χ3n) is 3.51. The number of nitrogens with zero attached hydrogens (tertiary/aromatic N) is 1. The summed E-state index contributed by atoms with van der Waals surface area (Å²) in [5, 5.41) is 3.43. The Kier molecular flexibility index (Phi) is 4.75. The van der Waals surface area contributed by atoms with Crippen LogP contribution < -0.4 is 5.32 Å². The Bertz CT molecular complexity index is 356. The van der Waals surface area contributed by atoms with Gasteiger partial charge < -0.3 is 5.32 Å². The van der Waals surface area contributed by atoms with Gasteiger partial charge in [0.15, 0.2) is 0 Å². The van der Waals surface area contributed by atoms with Crippen LogP contribution in [0, 0.1) is 0 Å². The molecule has 1 aromatic rings. The summed E-state index contributed by atoms with van der Waals surface area (Å²) in [7, 11) is 2.06. The van der Waals surface area contributed by atoms with E-state index in [1.807, 2.05) is 18.5 Å². The standard InChI is InChI=1S/C15H22N2/c1-16-15(10-13-6-3-2-4-7-13)11-14-8-5-9-17-12-14/h5-6,8-9,12,15-16H,2-4,7,10-11H2,1H3. The molecule has 2 heteroatoms. The topological polar surface area (TPSA) is 24.9 Å². The van der Waals surface area contributed by atoms with Crippen molar-refractivity contribution < 1.29 is 0 Å². The summed E-state index contributed by atoms with van der Waals surface area (Å²) in [6, 6.07) is 4.72. The first-order valence-electron chi connectivity index (χ1n) is 6.62. The van der Waals surface area contributed by atoms with Gasteiger partial charge in [0, 0.05) is 18.4 Å². The number of hydrogen-bond donors (Lipinski definition) is 1. The molecule has 1 atom stereocenters. The smallest absolute Gasteiger partial charge is 0.0300 e. The predicted molar refractivity (Wildman–Crippen MR) is 72.0 cm³/mol. The van der Waals surface area contributed by atoms with Gasteiger partial charge in [-0.15, -0.1) is 0 Å². The van der Waals surface area contributed by atoms with E-state index in [1.54, 1.807) is 5.57 Å². The van der Waals surface area contributed by atoms with Gasteiger partial charge in [0.25, 0.3) is 0 Å². The second-order valence-electron chi connectivity index (χ2n) is 4.86. The van der Waals surface area contributed by atoms with Gasteiger partial charge in [-0.1, -0.05) is 17.7 Å². The molecule has 0 aliphatic heterocycles. The summed E-state index contributed by atoms with van der Waals surface area (Å²) in [6.45, 7) is 0. The van der Waals surface area contributed by atoms with Gasteiger partial charge in [0.2, 0.25) is 0 Å². The van der Waals surface area contributed by atoms with Gasteiger partial charge >= 0.3 is 0 Å². The van der Waals surface area contributed by atoms with Crippen molar-refractivity contribution in [2.45, 2.75) is 44.6 Å². The fourth-order valence-corrected chi connectivity index (χ4v) is 2.49. The van der Waals surface area contributed by atoms with Crippen LogP contribution in [0.1, 0.15) is 37.7 Å². The van der Waals surface area contributed by atoms with Crippen molar-refractivity contribution in [3.05, 3.63) is 41.7 Å². The summed E-state index contributed by atoms with van der Waals surface area (Å²) in [6.07, 6.45) is 13.8. The van der Waals surface area contributed by atoms with Crippen LogP contribution in [0.25, 0.3) is 0 Å². The van der Waals surface area contributed by atoms with E-state index in [9.17, 15) is 0 Å². The molecule has 0 spiro atoms. The second kappa shape index (κ2) is 6.55. The van der Waals surface area contributed by atoms with Crippen molar-refractivity contribution in [1.29, 1.82) is 0 Å². The molecule has 1 aliphatic carbocycles. The average molecular weight is 230 g/mol. The molecule has 0 saturated heterocycles. The Labute approximate surface area is 104 Å². The molecule has 1 aliphatic rings. The summed E-state index contributed by atoms with van der Waals surface area (Å²) in [4.78, 5) is 4.18. The zero-order valence-corrected chi connectivity index (χ0v) is 10.7. The maximum Gasteiger partial charge on any atom is 0.0300 e. The molecule has 92 valence electrons. The van der Waals surface area contributed by atoms with E-state index in [2.05, 4.69) is 29.5 Å². The molecular formula is C15H22N2. The first-order valence-corrected chi connectivity index (χ1v) is 6.62. The van der Waals surface area contributed by atoms with E-state index in [0.29, 0.717) is 6.04 Å². The fourth-order valence-electron chi connectivity index (χ4n) is 2.49. The van der Waals surface area contributed by atoms with Gasteiger partial charge in [0.1, 0.15) is 0 Å². The lowest BCUT2D eigenvalue weighted by Gasteiger charge is -2.20. The van der Waals surface area contributed by atoms with Crippen LogP contribution in [0.5, 0.6) is 0 Å². The summed E-state index contributed by atoms with van der Waals surface area (Å²) < 4.78 is 0.